The zero-order valence-electron chi connectivity index (χ0n) is 15.9. The average molecular weight is 428 g/mol. The lowest BCUT2D eigenvalue weighted by atomic mass is 9.96. The van der Waals surface area contributed by atoms with Gasteiger partial charge in [-0.25, -0.2) is 0 Å². The van der Waals surface area contributed by atoms with Crippen LogP contribution < -0.4 is 10.1 Å². The maximum absolute atomic E-state index is 12.0. The molecule has 152 valence electrons. The minimum atomic E-state index is -0.479. The van der Waals surface area contributed by atoms with Crippen LogP contribution in [0.4, 0.5) is 4.39 Å². The number of rotatable bonds is 9. The van der Waals surface area contributed by atoms with E-state index < -0.39 is 6.67 Å². The van der Waals surface area contributed by atoms with Gasteiger partial charge in [0.25, 0.3) is 5.91 Å². The molecule has 7 heteroatoms. The molecule has 0 radical (unpaired) electrons. The van der Waals surface area contributed by atoms with E-state index >= 15 is 0 Å². The molecule has 0 bridgehead atoms. The van der Waals surface area contributed by atoms with Crippen LogP contribution in [0.15, 0.2) is 30.3 Å². The van der Waals surface area contributed by atoms with Crippen LogP contribution in [0.1, 0.15) is 42.9 Å². The molecule has 2 aromatic carbocycles. The molecular formula is C21H24Cl2FNO3. The molecule has 0 unspecified atom stereocenters. The molecule has 0 aromatic heterocycles. The first-order valence-corrected chi connectivity index (χ1v) is 9.82. The van der Waals surface area contributed by atoms with Crippen molar-refractivity contribution in [2.45, 2.75) is 32.6 Å². The van der Waals surface area contributed by atoms with Crippen molar-refractivity contribution in [2.24, 2.45) is 0 Å². The van der Waals surface area contributed by atoms with Gasteiger partial charge < -0.3 is 15.2 Å². The number of hydrogen-bond donors (Lipinski definition) is 2. The van der Waals surface area contributed by atoms with Crippen LogP contribution in [0.25, 0.3) is 0 Å². The maximum Gasteiger partial charge on any atom is 0.257 e. The van der Waals surface area contributed by atoms with Crippen molar-refractivity contribution in [3.8, 4) is 11.5 Å². The lowest BCUT2D eigenvalue weighted by Crippen LogP contribution is -2.29. The van der Waals surface area contributed by atoms with E-state index in [0.717, 1.165) is 16.7 Å². The molecule has 4 nitrogen and oxygen atoms in total. The Morgan fingerprint density at radius 3 is 2.50 bits per heavy atom. The summed E-state index contributed by atoms with van der Waals surface area (Å²) in [6.07, 6.45) is 0.773. The predicted octanol–water partition coefficient (Wildman–Crippen LogP) is 5.27. The minimum absolute atomic E-state index is 0.192. The molecule has 0 aliphatic heterocycles. The van der Waals surface area contributed by atoms with Crippen LogP contribution in [-0.4, -0.2) is 30.8 Å². The van der Waals surface area contributed by atoms with Crippen LogP contribution in [0.3, 0.4) is 0 Å². The summed E-state index contributed by atoms with van der Waals surface area (Å²) in [7, 11) is 0. The largest absolute Gasteiger partial charge is 0.508 e. The predicted molar refractivity (Wildman–Crippen MR) is 111 cm³/mol. The van der Waals surface area contributed by atoms with Crippen LogP contribution in [-0.2, 0) is 11.2 Å². The van der Waals surface area contributed by atoms with E-state index in [1.54, 1.807) is 18.2 Å². The smallest absolute Gasteiger partial charge is 0.257 e. The fraction of sp³-hybridized carbons (Fsp3) is 0.381. The Bertz CT molecular complexity index is 804. The van der Waals surface area contributed by atoms with E-state index in [4.69, 9.17) is 27.9 Å². The van der Waals surface area contributed by atoms with Crippen molar-refractivity contribution < 1.29 is 19.0 Å². The van der Waals surface area contributed by atoms with Gasteiger partial charge in [-0.15, -0.1) is 0 Å². The molecule has 0 aliphatic rings. The van der Waals surface area contributed by atoms with Gasteiger partial charge in [0.15, 0.2) is 6.61 Å². The Kier molecular flexibility index (Phi) is 8.39. The highest BCUT2D eigenvalue weighted by Gasteiger charge is 2.13. The first kappa shape index (κ1) is 22.3. The Balaban J connectivity index is 2.08. The third-order valence-corrected chi connectivity index (χ3v) is 4.89. The lowest BCUT2D eigenvalue weighted by Gasteiger charge is -2.14. The van der Waals surface area contributed by atoms with Gasteiger partial charge in [0, 0.05) is 23.0 Å². The summed E-state index contributed by atoms with van der Waals surface area (Å²) in [5.74, 6) is 0.505. The highest BCUT2D eigenvalue weighted by atomic mass is 35.5. The Labute approximate surface area is 174 Å². The number of carbonyl (C=O) groups excluding carboxylic acids is 1. The Morgan fingerprint density at radius 1 is 1.21 bits per heavy atom. The molecular weight excluding hydrogens is 404 g/mol. The summed E-state index contributed by atoms with van der Waals surface area (Å²) < 4.78 is 17.5. The van der Waals surface area contributed by atoms with Gasteiger partial charge in [-0.2, -0.15) is 0 Å². The van der Waals surface area contributed by atoms with E-state index in [0.29, 0.717) is 22.2 Å². The molecule has 28 heavy (non-hydrogen) atoms. The molecule has 0 saturated heterocycles. The summed E-state index contributed by atoms with van der Waals surface area (Å²) in [5.41, 5.74) is 2.58. The van der Waals surface area contributed by atoms with Gasteiger partial charge in [0.1, 0.15) is 11.5 Å². The third kappa shape index (κ3) is 6.28. The second kappa shape index (κ2) is 10.5. The molecule has 2 rings (SSSR count). The van der Waals surface area contributed by atoms with Gasteiger partial charge in [0.2, 0.25) is 0 Å². The van der Waals surface area contributed by atoms with Gasteiger partial charge >= 0.3 is 0 Å². The van der Waals surface area contributed by atoms with Gasteiger partial charge in [0.05, 0.1) is 6.67 Å². The molecule has 0 atom stereocenters. The Morgan fingerprint density at radius 2 is 1.89 bits per heavy atom. The molecule has 0 saturated carbocycles. The number of halogens is 3. The monoisotopic (exact) mass is 427 g/mol. The highest BCUT2D eigenvalue weighted by Crippen LogP contribution is 2.33. The van der Waals surface area contributed by atoms with Crippen LogP contribution in [0.2, 0.25) is 10.0 Å². The molecule has 0 fully saturated rings. The first-order valence-electron chi connectivity index (χ1n) is 9.07. The molecule has 1 amide bonds. The number of benzene rings is 2. The normalized spacial score (nSPS) is 10.9. The number of nitrogens with one attached hydrogen (secondary N) is 1. The van der Waals surface area contributed by atoms with E-state index in [9.17, 15) is 14.3 Å². The average Bonchev–Trinajstić information content (AvgIpc) is 2.64. The number of carbonyl (C=O) groups is 1. The van der Waals surface area contributed by atoms with Crippen LogP contribution in [0.5, 0.6) is 11.5 Å². The Hall–Kier alpha value is -1.98. The van der Waals surface area contributed by atoms with Crippen LogP contribution >= 0.6 is 23.2 Å². The van der Waals surface area contributed by atoms with E-state index in [2.05, 4.69) is 5.32 Å². The molecule has 0 aliphatic carbocycles. The number of phenolic OH excluding ortho intramolecular Hbond substituents is 1. The second-order valence-corrected chi connectivity index (χ2v) is 7.59. The van der Waals surface area contributed by atoms with Crippen molar-refractivity contribution in [1.29, 1.82) is 0 Å². The van der Waals surface area contributed by atoms with Gasteiger partial charge in [-0.3, -0.25) is 9.18 Å². The summed E-state index contributed by atoms with van der Waals surface area (Å²) in [6.45, 7) is 3.61. The lowest BCUT2D eigenvalue weighted by molar-refractivity contribution is -0.123. The second-order valence-electron chi connectivity index (χ2n) is 6.77. The molecule has 0 spiro atoms. The summed E-state index contributed by atoms with van der Waals surface area (Å²) in [6, 6.07) is 8.67. The van der Waals surface area contributed by atoms with Gasteiger partial charge in [-0.1, -0.05) is 49.2 Å². The summed E-state index contributed by atoms with van der Waals surface area (Å²) >= 11 is 12.8. The number of alkyl halides is 1. The third-order valence-electron chi connectivity index (χ3n) is 4.21. The van der Waals surface area contributed by atoms with Crippen molar-refractivity contribution in [3.05, 3.63) is 57.1 Å². The molecule has 2 aromatic rings. The van der Waals surface area contributed by atoms with Crippen molar-refractivity contribution in [1.82, 2.24) is 5.32 Å². The molecule has 0 heterocycles. The number of hydrogen-bond acceptors (Lipinski definition) is 3. The topological polar surface area (TPSA) is 58.6 Å². The number of phenols is 1. The minimum Gasteiger partial charge on any atom is -0.508 e. The fourth-order valence-corrected chi connectivity index (χ4v) is 3.31. The van der Waals surface area contributed by atoms with Crippen molar-refractivity contribution in [3.63, 3.8) is 0 Å². The number of amides is 1. The zero-order valence-corrected chi connectivity index (χ0v) is 17.4. The first-order chi connectivity index (χ1) is 13.3. The van der Waals surface area contributed by atoms with Crippen molar-refractivity contribution >= 4 is 29.1 Å². The standard InChI is InChI=1S/C21H24Cl2FNO3/c1-13(2)16-8-14(4-5-20(16)26)9-17-18(22)10-15(11-19(17)23)28-12-21(27)25-7-3-6-24/h4-5,8,10-11,13,26H,3,6-7,9,12H2,1-2H3,(H,25,27). The highest BCUT2D eigenvalue weighted by molar-refractivity contribution is 6.36. The SMILES string of the molecule is CC(C)c1cc(Cc2c(Cl)cc(OCC(=O)NCCCF)cc2Cl)ccc1O. The quantitative estimate of drug-likeness (QED) is 0.535. The molecule has 2 N–H and O–H groups in total. The summed E-state index contributed by atoms with van der Waals surface area (Å²) in [5, 5.41) is 13.4. The van der Waals surface area contributed by atoms with E-state index in [1.807, 2.05) is 26.0 Å². The fourth-order valence-electron chi connectivity index (χ4n) is 2.71. The zero-order chi connectivity index (χ0) is 20.7. The van der Waals surface area contributed by atoms with E-state index in [-0.39, 0.29) is 37.1 Å². The van der Waals surface area contributed by atoms with Crippen LogP contribution in [0, 0.1) is 0 Å². The van der Waals surface area contributed by atoms with Gasteiger partial charge in [-0.05, 0) is 47.2 Å². The summed E-state index contributed by atoms with van der Waals surface area (Å²) in [4.78, 5) is 11.6. The number of aromatic hydroxyl groups is 1. The number of ether oxygens (including phenoxy) is 1. The van der Waals surface area contributed by atoms with Crippen molar-refractivity contribution in [2.75, 3.05) is 19.8 Å². The maximum atomic E-state index is 12.0. The van der Waals surface area contributed by atoms with E-state index in [1.165, 1.54) is 0 Å².